The van der Waals surface area contributed by atoms with Crippen LogP contribution in [0.1, 0.15) is 35.4 Å². The summed E-state index contributed by atoms with van der Waals surface area (Å²) in [6.45, 7) is 2.64. The summed E-state index contributed by atoms with van der Waals surface area (Å²) in [7, 11) is 0. The van der Waals surface area contributed by atoms with Crippen molar-refractivity contribution in [1.29, 1.82) is 0 Å². The molecule has 0 aromatic carbocycles. The van der Waals surface area contributed by atoms with Crippen LogP contribution in [0.4, 0.5) is 0 Å². The van der Waals surface area contributed by atoms with Crippen LogP contribution in [0.3, 0.4) is 0 Å². The van der Waals surface area contributed by atoms with E-state index in [0.717, 1.165) is 47.4 Å². The zero-order valence-corrected chi connectivity index (χ0v) is 14.5. The summed E-state index contributed by atoms with van der Waals surface area (Å²) in [5.41, 5.74) is 1.71. The molecule has 0 saturated carbocycles. The zero-order chi connectivity index (χ0) is 16.8. The molecule has 7 nitrogen and oxygen atoms in total. The van der Waals surface area contributed by atoms with Crippen LogP contribution in [-0.4, -0.2) is 44.9 Å². The van der Waals surface area contributed by atoms with E-state index in [9.17, 15) is 4.79 Å². The Bertz CT molecular complexity index is 893. The average molecular weight is 358 g/mol. The van der Waals surface area contributed by atoms with E-state index in [1.807, 2.05) is 27.1 Å². The lowest BCUT2D eigenvalue weighted by atomic mass is 10.1. The number of imidazole rings is 1. The third-order valence-corrected chi connectivity index (χ3v) is 5.62. The first-order valence-corrected chi connectivity index (χ1v) is 9.39. The quantitative estimate of drug-likeness (QED) is 0.716. The fourth-order valence-corrected chi connectivity index (χ4v) is 4.18. The third-order valence-electron chi connectivity index (χ3n) is 4.85. The predicted octanol–water partition coefficient (Wildman–Crippen LogP) is 2.02. The number of ether oxygens (including phenoxy) is 1. The Morgan fingerprint density at radius 2 is 2.36 bits per heavy atom. The van der Waals surface area contributed by atoms with Gasteiger partial charge in [0.25, 0.3) is 0 Å². The molecule has 0 spiro atoms. The van der Waals surface area contributed by atoms with Gasteiger partial charge in [0.05, 0.1) is 31.2 Å². The molecule has 1 unspecified atom stereocenters. The summed E-state index contributed by atoms with van der Waals surface area (Å²) in [4.78, 5) is 24.5. The fourth-order valence-electron chi connectivity index (χ4n) is 3.46. The van der Waals surface area contributed by atoms with E-state index in [1.54, 1.807) is 11.3 Å². The number of aromatic nitrogens is 3. The summed E-state index contributed by atoms with van der Waals surface area (Å²) in [5, 5.41) is 1.98. The lowest BCUT2D eigenvalue weighted by Crippen LogP contribution is -2.36. The molecule has 1 saturated heterocycles. The highest BCUT2D eigenvalue weighted by Crippen LogP contribution is 2.29. The van der Waals surface area contributed by atoms with Crippen molar-refractivity contribution in [2.24, 2.45) is 0 Å². The zero-order valence-electron chi connectivity index (χ0n) is 13.7. The summed E-state index contributed by atoms with van der Waals surface area (Å²) in [6, 6.07) is 0. The van der Waals surface area contributed by atoms with Crippen molar-refractivity contribution >= 4 is 22.2 Å². The van der Waals surface area contributed by atoms with Gasteiger partial charge in [0.2, 0.25) is 5.91 Å². The molecule has 1 atom stereocenters. The predicted molar refractivity (Wildman–Crippen MR) is 90.6 cm³/mol. The van der Waals surface area contributed by atoms with Crippen LogP contribution >= 0.6 is 11.3 Å². The van der Waals surface area contributed by atoms with E-state index in [2.05, 4.69) is 9.97 Å². The molecule has 25 heavy (non-hydrogen) atoms. The lowest BCUT2D eigenvalue weighted by Gasteiger charge is -2.25. The minimum absolute atomic E-state index is 0.0881. The second-order valence-electron chi connectivity index (χ2n) is 6.55. The molecule has 2 aliphatic rings. The van der Waals surface area contributed by atoms with Gasteiger partial charge in [-0.1, -0.05) is 0 Å². The first-order valence-electron chi connectivity index (χ1n) is 8.51. The molecule has 3 aromatic heterocycles. The fraction of sp³-hybridized carbons (Fsp3) is 0.471. The highest BCUT2D eigenvalue weighted by molar-refractivity contribution is 7.15. The first kappa shape index (κ1) is 15.1. The Morgan fingerprint density at radius 1 is 1.40 bits per heavy atom. The molecule has 0 radical (unpaired) electrons. The van der Waals surface area contributed by atoms with Crippen molar-refractivity contribution in [3.8, 4) is 0 Å². The molecule has 3 aromatic rings. The van der Waals surface area contributed by atoms with Gasteiger partial charge in [-0.3, -0.25) is 9.20 Å². The molecule has 0 N–H and O–H groups in total. The molecule has 1 fully saturated rings. The molecule has 130 valence electrons. The van der Waals surface area contributed by atoms with Crippen LogP contribution in [0.25, 0.3) is 4.96 Å². The maximum absolute atomic E-state index is 12.6. The number of nitrogens with zero attached hydrogens (tertiary/aromatic N) is 4. The maximum Gasteiger partial charge on any atom is 0.229 e. The van der Waals surface area contributed by atoms with Crippen LogP contribution in [0, 0.1) is 0 Å². The van der Waals surface area contributed by atoms with Crippen LogP contribution in [-0.2, 0) is 28.9 Å². The number of hydrogen-bond acceptors (Lipinski definition) is 6. The summed E-state index contributed by atoms with van der Waals surface area (Å²) in [5.74, 6) is 2.04. The van der Waals surface area contributed by atoms with Gasteiger partial charge < -0.3 is 14.1 Å². The number of fused-ring (bicyclic) bond motifs is 2. The normalized spacial score (nSPS) is 20.3. The van der Waals surface area contributed by atoms with Crippen molar-refractivity contribution in [1.82, 2.24) is 19.3 Å². The molecular formula is C17H18N4O3S. The Balaban J connectivity index is 1.29. The van der Waals surface area contributed by atoms with Crippen molar-refractivity contribution < 1.29 is 13.9 Å². The van der Waals surface area contributed by atoms with Crippen LogP contribution in [0.15, 0.2) is 22.2 Å². The van der Waals surface area contributed by atoms with Crippen molar-refractivity contribution in [2.45, 2.75) is 31.7 Å². The summed E-state index contributed by atoms with van der Waals surface area (Å²) in [6.07, 6.45) is 5.88. The van der Waals surface area contributed by atoms with E-state index >= 15 is 0 Å². The maximum atomic E-state index is 12.6. The van der Waals surface area contributed by atoms with E-state index in [1.165, 1.54) is 0 Å². The first-order chi connectivity index (χ1) is 12.3. The number of carbonyl (C=O) groups is 1. The third kappa shape index (κ3) is 2.75. The highest BCUT2D eigenvalue weighted by atomic mass is 32.1. The Morgan fingerprint density at radius 3 is 3.20 bits per heavy atom. The van der Waals surface area contributed by atoms with Crippen molar-refractivity contribution in [3.05, 3.63) is 40.8 Å². The minimum atomic E-state index is 0.0881. The number of oxazole rings is 1. The van der Waals surface area contributed by atoms with E-state index in [0.29, 0.717) is 26.1 Å². The number of hydrogen-bond donors (Lipinski definition) is 0. The molecular weight excluding hydrogens is 340 g/mol. The van der Waals surface area contributed by atoms with E-state index < -0.39 is 0 Å². The number of thiazole rings is 1. The summed E-state index contributed by atoms with van der Waals surface area (Å²) >= 11 is 1.57. The van der Waals surface area contributed by atoms with Gasteiger partial charge in [-0.15, -0.1) is 11.3 Å². The van der Waals surface area contributed by atoms with Crippen molar-refractivity contribution in [3.63, 3.8) is 0 Å². The number of rotatable bonds is 3. The Labute approximate surface area is 148 Å². The average Bonchev–Trinajstić information content (AvgIpc) is 3.36. The lowest BCUT2D eigenvalue weighted by molar-refractivity contribution is -0.131. The van der Waals surface area contributed by atoms with Crippen molar-refractivity contribution in [2.75, 3.05) is 19.8 Å². The highest BCUT2D eigenvalue weighted by Gasteiger charge is 2.29. The van der Waals surface area contributed by atoms with Gasteiger partial charge >= 0.3 is 0 Å². The second-order valence-corrected chi connectivity index (χ2v) is 7.42. The Kier molecular flexibility index (Phi) is 3.60. The molecule has 0 aliphatic carbocycles. The van der Waals surface area contributed by atoms with Crippen LogP contribution < -0.4 is 0 Å². The van der Waals surface area contributed by atoms with Gasteiger partial charge in [0, 0.05) is 37.3 Å². The molecule has 5 rings (SSSR count). The van der Waals surface area contributed by atoms with Gasteiger partial charge in [0.1, 0.15) is 11.5 Å². The van der Waals surface area contributed by atoms with Gasteiger partial charge in [-0.05, 0) is 6.42 Å². The van der Waals surface area contributed by atoms with E-state index in [-0.39, 0.29) is 11.8 Å². The monoisotopic (exact) mass is 358 g/mol. The molecule has 2 aliphatic heterocycles. The Hall–Kier alpha value is -2.19. The molecule has 5 heterocycles. The second kappa shape index (κ2) is 5.96. The smallest absolute Gasteiger partial charge is 0.229 e. The summed E-state index contributed by atoms with van der Waals surface area (Å²) < 4.78 is 13.3. The molecule has 1 amide bonds. The number of amides is 1. The standard InChI is InChI=1S/C17H18N4O3S/c22-15(7-12-8-21-4-6-25-17(21)18-12)20-3-1-14-13(9-20)19-16(24-14)11-2-5-23-10-11/h4,6,8,11H,1-3,5,7,9-10H2. The molecule has 8 heteroatoms. The van der Waals surface area contributed by atoms with Crippen LogP contribution in [0.2, 0.25) is 0 Å². The van der Waals surface area contributed by atoms with E-state index in [4.69, 9.17) is 9.15 Å². The van der Waals surface area contributed by atoms with Gasteiger partial charge in [0.15, 0.2) is 10.9 Å². The number of carbonyl (C=O) groups excluding carboxylic acids is 1. The molecule has 0 bridgehead atoms. The van der Waals surface area contributed by atoms with Gasteiger partial charge in [-0.2, -0.15) is 0 Å². The topological polar surface area (TPSA) is 72.9 Å². The van der Waals surface area contributed by atoms with Gasteiger partial charge in [-0.25, -0.2) is 9.97 Å². The SMILES string of the molecule is O=C(Cc1cn2ccsc2n1)N1CCc2oc(C3CCOC3)nc2C1. The van der Waals surface area contributed by atoms with Crippen LogP contribution in [0.5, 0.6) is 0 Å². The largest absolute Gasteiger partial charge is 0.445 e. The minimum Gasteiger partial charge on any atom is -0.445 e.